The summed E-state index contributed by atoms with van der Waals surface area (Å²) in [5.41, 5.74) is -0.283. The molecule has 0 aliphatic carbocycles. The lowest BCUT2D eigenvalue weighted by molar-refractivity contribution is 0.548. The van der Waals surface area contributed by atoms with E-state index in [9.17, 15) is 4.79 Å². The van der Waals surface area contributed by atoms with Crippen LogP contribution in [-0.2, 0) is 0 Å². The van der Waals surface area contributed by atoms with Gasteiger partial charge in [-0.15, -0.1) is 0 Å². The number of hydrogen-bond acceptors (Lipinski definition) is 3. The van der Waals surface area contributed by atoms with Gasteiger partial charge in [-0.3, -0.25) is 4.79 Å². The molecule has 1 N–H and O–H groups in total. The molecule has 1 rings (SSSR count). The lowest BCUT2D eigenvalue weighted by Crippen LogP contribution is -2.33. The van der Waals surface area contributed by atoms with E-state index in [1.54, 1.807) is 0 Å². The predicted molar refractivity (Wildman–Crippen MR) is 71.8 cm³/mol. The SMILES string of the molecule is CC(C)CN(CC(C)C)c1nc[nH]c(=O)c1Cl. The summed E-state index contributed by atoms with van der Waals surface area (Å²) in [6, 6.07) is 0. The Labute approximate surface area is 107 Å². The Hall–Kier alpha value is -1.03. The van der Waals surface area contributed by atoms with Crippen molar-refractivity contribution in [3.05, 3.63) is 21.7 Å². The first-order valence-electron chi connectivity index (χ1n) is 5.90. The van der Waals surface area contributed by atoms with E-state index in [0.29, 0.717) is 17.7 Å². The van der Waals surface area contributed by atoms with Crippen molar-refractivity contribution in [1.29, 1.82) is 0 Å². The highest BCUT2D eigenvalue weighted by Gasteiger charge is 2.16. The number of H-pyrrole nitrogens is 1. The minimum absolute atomic E-state index is 0.175. The Morgan fingerprint density at radius 3 is 2.29 bits per heavy atom. The van der Waals surface area contributed by atoms with Crippen molar-refractivity contribution < 1.29 is 0 Å². The van der Waals surface area contributed by atoms with Gasteiger partial charge in [0.15, 0.2) is 5.82 Å². The van der Waals surface area contributed by atoms with Crippen LogP contribution in [0.4, 0.5) is 5.82 Å². The van der Waals surface area contributed by atoms with Gasteiger partial charge in [-0.2, -0.15) is 0 Å². The van der Waals surface area contributed by atoms with Gasteiger partial charge >= 0.3 is 0 Å². The largest absolute Gasteiger partial charge is 0.355 e. The fraction of sp³-hybridized carbons (Fsp3) is 0.667. The summed E-state index contributed by atoms with van der Waals surface area (Å²) in [7, 11) is 0. The van der Waals surface area contributed by atoms with Gasteiger partial charge in [0.05, 0.1) is 6.33 Å². The number of anilines is 1. The summed E-state index contributed by atoms with van der Waals surface area (Å²) in [6.07, 6.45) is 1.40. The molecule has 0 fully saturated rings. The van der Waals surface area contributed by atoms with Gasteiger partial charge < -0.3 is 9.88 Å². The molecule has 0 bridgehead atoms. The van der Waals surface area contributed by atoms with Gasteiger partial charge in [-0.25, -0.2) is 4.98 Å². The first kappa shape index (κ1) is 14.0. The van der Waals surface area contributed by atoms with Crippen LogP contribution < -0.4 is 10.5 Å². The molecule has 1 heterocycles. The zero-order chi connectivity index (χ0) is 13.0. The third kappa shape index (κ3) is 4.04. The molecule has 17 heavy (non-hydrogen) atoms. The molecule has 0 aliphatic heterocycles. The molecule has 0 aromatic carbocycles. The average Bonchev–Trinajstić information content (AvgIpc) is 2.19. The van der Waals surface area contributed by atoms with Crippen LogP contribution in [0.5, 0.6) is 0 Å². The Morgan fingerprint density at radius 2 is 1.82 bits per heavy atom. The van der Waals surface area contributed by atoms with Gasteiger partial charge in [-0.05, 0) is 11.8 Å². The summed E-state index contributed by atoms with van der Waals surface area (Å²) in [4.78, 5) is 20.2. The maximum Gasteiger partial charge on any atom is 0.271 e. The Kier molecular flexibility index (Phi) is 5.00. The molecule has 4 nitrogen and oxygen atoms in total. The second-order valence-corrected chi connectivity index (χ2v) is 5.44. The second-order valence-electron chi connectivity index (χ2n) is 5.06. The van der Waals surface area contributed by atoms with E-state index in [1.165, 1.54) is 6.33 Å². The lowest BCUT2D eigenvalue weighted by atomic mass is 10.1. The fourth-order valence-corrected chi connectivity index (χ4v) is 1.95. The summed E-state index contributed by atoms with van der Waals surface area (Å²) in [6.45, 7) is 10.2. The third-order valence-corrected chi connectivity index (χ3v) is 2.59. The molecule has 0 spiro atoms. The lowest BCUT2D eigenvalue weighted by Gasteiger charge is -2.27. The highest BCUT2D eigenvalue weighted by Crippen LogP contribution is 2.20. The molecule has 0 saturated heterocycles. The van der Waals surface area contributed by atoms with E-state index in [2.05, 4.69) is 42.6 Å². The van der Waals surface area contributed by atoms with Crippen molar-refractivity contribution in [1.82, 2.24) is 9.97 Å². The van der Waals surface area contributed by atoms with Crippen LogP contribution in [0.3, 0.4) is 0 Å². The molecule has 5 heteroatoms. The number of nitrogens with one attached hydrogen (secondary N) is 1. The van der Waals surface area contributed by atoms with E-state index in [4.69, 9.17) is 11.6 Å². The molecule has 96 valence electrons. The van der Waals surface area contributed by atoms with Crippen molar-refractivity contribution in [3.8, 4) is 0 Å². The standard InChI is InChI=1S/C12H20ClN3O/c1-8(2)5-16(6-9(3)4)11-10(13)12(17)15-7-14-11/h7-9H,5-6H2,1-4H3,(H,14,15,17). The number of hydrogen-bond donors (Lipinski definition) is 1. The number of halogens is 1. The van der Waals surface area contributed by atoms with Crippen molar-refractivity contribution in [2.75, 3.05) is 18.0 Å². The van der Waals surface area contributed by atoms with Crippen LogP contribution in [0.25, 0.3) is 0 Å². The van der Waals surface area contributed by atoms with Crippen LogP contribution in [0, 0.1) is 11.8 Å². The van der Waals surface area contributed by atoms with Crippen LogP contribution in [0.15, 0.2) is 11.1 Å². The zero-order valence-electron chi connectivity index (χ0n) is 10.8. The van der Waals surface area contributed by atoms with Gasteiger partial charge in [0.25, 0.3) is 5.56 Å². The first-order valence-corrected chi connectivity index (χ1v) is 6.27. The quantitative estimate of drug-likeness (QED) is 0.882. The van der Waals surface area contributed by atoms with Gasteiger partial charge in [0.1, 0.15) is 5.02 Å². The Balaban J connectivity index is 3.03. The molecule has 0 aliphatic rings. The van der Waals surface area contributed by atoms with E-state index in [1.807, 2.05) is 0 Å². The summed E-state index contributed by atoms with van der Waals surface area (Å²) in [5.74, 6) is 1.56. The molecule has 1 aromatic heterocycles. The van der Waals surface area contributed by atoms with E-state index in [-0.39, 0.29) is 10.6 Å². The minimum atomic E-state index is -0.283. The zero-order valence-corrected chi connectivity index (χ0v) is 11.6. The maximum atomic E-state index is 11.5. The van der Waals surface area contributed by atoms with Gasteiger partial charge in [0, 0.05) is 13.1 Å². The van der Waals surface area contributed by atoms with Crippen LogP contribution in [0.2, 0.25) is 5.02 Å². The number of aromatic nitrogens is 2. The second kappa shape index (κ2) is 6.05. The maximum absolute atomic E-state index is 11.5. The normalized spacial score (nSPS) is 11.2. The summed E-state index contributed by atoms with van der Waals surface area (Å²) in [5, 5.41) is 0.175. The van der Waals surface area contributed by atoms with Crippen molar-refractivity contribution in [2.24, 2.45) is 11.8 Å². The fourth-order valence-electron chi connectivity index (χ4n) is 1.72. The molecule has 0 atom stereocenters. The molecule has 0 unspecified atom stereocenters. The molecular weight excluding hydrogens is 238 g/mol. The number of aromatic amines is 1. The summed E-state index contributed by atoms with van der Waals surface area (Å²) < 4.78 is 0. The van der Waals surface area contributed by atoms with Crippen molar-refractivity contribution in [3.63, 3.8) is 0 Å². The third-order valence-electron chi connectivity index (χ3n) is 2.25. The highest BCUT2D eigenvalue weighted by atomic mass is 35.5. The monoisotopic (exact) mass is 257 g/mol. The molecular formula is C12H20ClN3O. The summed E-state index contributed by atoms with van der Waals surface area (Å²) >= 11 is 6.01. The molecule has 0 radical (unpaired) electrons. The van der Waals surface area contributed by atoms with Crippen LogP contribution >= 0.6 is 11.6 Å². The number of nitrogens with zero attached hydrogens (tertiary/aromatic N) is 2. The van der Waals surface area contributed by atoms with E-state index < -0.39 is 0 Å². The predicted octanol–water partition coefficient (Wildman–Crippen LogP) is 2.54. The van der Waals surface area contributed by atoms with Crippen molar-refractivity contribution >= 4 is 17.4 Å². The highest BCUT2D eigenvalue weighted by molar-refractivity contribution is 6.32. The molecule has 1 aromatic rings. The van der Waals surface area contributed by atoms with Crippen molar-refractivity contribution in [2.45, 2.75) is 27.7 Å². The van der Waals surface area contributed by atoms with Crippen LogP contribution in [-0.4, -0.2) is 23.1 Å². The molecule has 0 amide bonds. The molecule has 0 saturated carbocycles. The Bertz CT molecular complexity index is 404. The Morgan fingerprint density at radius 1 is 1.29 bits per heavy atom. The topological polar surface area (TPSA) is 49.0 Å². The smallest absolute Gasteiger partial charge is 0.271 e. The van der Waals surface area contributed by atoms with Gasteiger partial charge in [-0.1, -0.05) is 39.3 Å². The van der Waals surface area contributed by atoms with E-state index in [0.717, 1.165) is 13.1 Å². The van der Waals surface area contributed by atoms with Gasteiger partial charge in [0.2, 0.25) is 0 Å². The average molecular weight is 258 g/mol. The first-order chi connectivity index (χ1) is 7.91. The van der Waals surface area contributed by atoms with Crippen LogP contribution in [0.1, 0.15) is 27.7 Å². The number of rotatable bonds is 5. The minimum Gasteiger partial charge on any atom is -0.355 e. The van der Waals surface area contributed by atoms with E-state index >= 15 is 0 Å².